The van der Waals surface area contributed by atoms with Crippen LogP contribution in [-0.2, 0) is 4.79 Å². The first-order valence-corrected chi connectivity index (χ1v) is 6.07. The number of carboxylic acids is 1. The summed E-state index contributed by atoms with van der Waals surface area (Å²) < 4.78 is 0. The second-order valence-corrected chi connectivity index (χ2v) is 4.87. The number of carboxylic acid groups (broad SMARTS) is 1. The monoisotopic (exact) mass is 253 g/mol. The normalized spacial score (nSPS) is 12.6. The lowest BCUT2D eigenvalue weighted by molar-refractivity contribution is -0.139. The fourth-order valence-electron chi connectivity index (χ4n) is 1.28. The van der Waals surface area contributed by atoms with E-state index >= 15 is 0 Å². The van der Waals surface area contributed by atoms with E-state index in [4.69, 9.17) is 5.11 Å². The van der Waals surface area contributed by atoms with Gasteiger partial charge in [-0.1, -0.05) is 12.2 Å². The van der Waals surface area contributed by atoms with Crippen molar-refractivity contribution in [3.8, 4) is 0 Å². The van der Waals surface area contributed by atoms with Gasteiger partial charge in [-0.05, 0) is 32.4 Å². The summed E-state index contributed by atoms with van der Waals surface area (Å²) in [5.41, 5.74) is 0. The lowest BCUT2D eigenvalue weighted by atomic mass is 10.2. The standard InChI is InChI=1S/C12H15NO3S/c1-3-4-5-9(12(15)16)13-11(14)10-7-6-8(2)17-10/h3-4,6-7,9H,5H2,1-2H3,(H,13,14)(H,15,16)/b4-3+. The molecule has 1 heterocycles. The zero-order chi connectivity index (χ0) is 12.8. The smallest absolute Gasteiger partial charge is 0.326 e. The third kappa shape index (κ3) is 4.03. The molecule has 0 saturated heterocycles. The van der Waals surface area contributed by atoms with Gasteiger partial charge >= 0.3 is 5.97 Å². The van der Waals surface area contributed by atoms with Gasteiger partial charge in [-0.2, -0.15) is 0 Å². The van der Waals surface area contributed by atoms with E-state index in [9.17, 15) is 9.59 Å². The van der Waals surface area contributed by atoms with Crippen LogP contribution in [0.15, 0.2) is 24.3 Å². The van der Waals surface area contributed by atoms with E-state index in [0.29, 0.717) is 11.3 Å². The molecule has 1 aromatic rings. The molecule has 0 bridgehead atoms. The van der Waals surface area contributed by atoms with Gasteiger partial charge in [0, 0.05) is 4.88 Å². The van der Waals surface area contributed by atoms with E-state index < -0.39 is 12.0 Å². The molecule has 92 valence electrons. The van der Waals surface area contributed by atoms with Crippen molar-refractivity contribution in [2.45, 2.75) is 26.3 Å². The SMILES string of the molecule is C/C=C/CC(NC(=O)c1ccc(C)s1)C(=O)O. The number of thiophene rings is 1. The molecular formula is C12H15NO3S. The molecule has 1 atom stereocenters. The van der Waals surface area contributed by atoms with Gasteiger partial charge in [0.15, 0.2) is 0 Å². The molecule has 0 radical (unpaired) electrons. The third-order valence-corrected chi connectivity index (χ3v) is 3.17. The zero-order valence-electron chi connectivity index (χ0n) is 9.77. The first-order chi connectivity index (χ1) is 8.04. The number of hydrogen-bond acceptors (Lipinski definition) is 3. The van der Waals surface area contributed by atoms with Crippen molar-refractivity contribution in [2.75, 3.05) is 0 Å². The molecule has 2 N–H and O–H groups in total. The Kier molecular flexibility index (Phi) is 4.90. The molecular weight excluding hydrogens is 238 g/mol. The Morgan fingerprint density at radius 1 is 1.53 bits per heavy atom. The number of allylic oxidation sites excluding steroid dienone is 1. The van der Waals surface area contributed by atoms with Crippen LogP contribution in [-0.4, -0.2) is 23.0 Å². The maximum atomic E-state index is 11.7. The first kappa shape index (κ1) is 13.4. The Balaban J connectivity index is 2.67. The number of amides is 1. The number of carbonyl (C=O) groups excluding carboxylic acids is 1. The first-order valence-electron chi connectivity index (χ1n) is 5.26. The maximum Gasteiger partial charge on any atom is 0.326 e. The summed E-state index contributed by atoms with van der Waals surface area (Å²) in [5, 5.41) is 11.5. The van der Waals surface area contributed by atoms with Gasteiger partial charge in [0.2, 0.25) is 0 Å². The van der Waals surface area contributed by atoms with Crippen LogP contribution in [0.25, 0.3) is 0 Å². The van der Waals surface area contributed by atoms with Crippen molar-refractivity contribution in [3.63, 3.8) is 0 Å². The summed E-state index contributed by atoms with van der Waals surface area (Å²) in [4.78, 5) is 24.2. The molecule has 1 amide bonds. The molecule has 0 aliphatic rings. The highest BCUT2D eigenvalue weighted by Crippen LogP contribution is 2.15. The number of carbonyl (C=O) groups is 2. The molecule has 0 aromatic carbocycles. The second-order valence-electron chi connectivity index (χ2n) is 3.58. The second kappa shape index (κ2) is 6.20. The van der Waals surface area contributed by atoms with Crippen molar-refractivity contribution in [1.82, 2.24) is 5.32 Å². The van der Waals surface area contributed by atoms with Gasteiger partial charge in [-0.15, -0.1) is 11.3 Å². The lowest BCUT2D eigenvalue weighted by Crippen LogP contribution is -2.40. The van der Waals surface area contributed by atoms with Crippen molar-refractivity contribution >= 4 is 23.2 Å². The number of aliphatic carboxylic acids is 1. The van der Waals surface area contributed by atoms with Crippen molar-refractivity contribution < 1.29 is 14.7 Å². The molecule has 0 spiro atoms. The van der Waals surface area contributed by atoms with Gasteiger partial charge < -0.3 is 10.4 Å². The molecule has 4 nitrogen and oxygen atoms in total. The lowest BCUT2D eigenvalue weighted by Gasteiger charge is -2.11. The van der Waals surface area contributed by atoms with Crippen LogP contribution < -0.4 is 5.32 Å². The average Bonchev–Trinajstić information content (AvgIpc) is 2.70. The highest BCUT2D eigenvalue weighted by molar-refractivity contribution is 7.13. The van der Waals surface area contributed by atoms with E-state index in [1.807, 2.05) is 19.9 Å². The third-order valence-electron chi connectivity index (χ3n) is 2.18. The molecule has 1 unspecified atom stereocenters. The van der Waals surface area contributed by atoms with E-state index in [-0.39, 0.29) is 5.91 Å². The highest BCUT2D eigenvalue weighted by Gasteiger charge is 2.19. The molecule has 0 aliphatic carbocycles. The summed E-state index contributed by atoms with van der Waals surface area (Å²) in [6.45, 7) is 3.71. The molecule has 5 heteroatoms. The largest absolute Gasteiger partial charge is 0.480 e. The fraction of sp³-hybridized carbons (Fsp3) is 0.333. The summed E-state index contributed by atoms with van der Waals surface area (Å²) in [6, 6.07) is 2.66. The summed E-state index contributed by atoms with van der Waals surface area (Å²) >= 11 is 1.35. The number of hydrogen-bond donors (Lipinski definition) is 2. The minimum Gasteiger partial charge on any atom is -0.480 e. The molecule has 1 aromatic heterocycles. The number of rotatable bonds is 5. The topological polar surface area (TPSA) is 66.4 Å². The van der Waals surface area contributed by atoms with Crippen molar-refractivity contribution in [2.24, 2.45) is 0 Å². The quantitative estimate of drug-likeness (QED) is 0.791. The Bertz CT molecular complexity index is 437. The van der Waals surface area contributed by atoms with Crippen LogP contribution in [0.5, 0.6) is 0 Å². The molecule has 1 rings (SSSR count). The van der Waals surface area contributed by atoms with E-state index in [1.165, 1.54) is 11.3 Å². The van der Waals surface area contributed by atoms with Crippen LogP contribution in [0.1, 0.15) is 27.9 Å². The van der Waals surface area contributed by atoms with E-state index in [1.54, 1.807) is 18.2 Å². The van der Waals surface area contributed by atoms with Crippen LogP contribution in [0.3, 0.4) is 0 Å². The van der Waals surface area contributed by atoms with Crippen LogP contribution >= 0.6 is 11.3 Å². The van der Waals surface area contributed by atoms with Crippen LogP contribution in [0, 0.1) is 6.92 Å². The van der Waals surface area contributed by atoms with Crippen LogP contribution in [0.4, 0.5) is 0 Å². The summed E-state index contributed by atoms with van der Waals surface area (Å²) in [6.07, 6.45) is 3.78. The molecule has 17 heavy (non-hydrogen) atoms. The number of nitrogens with one attached hydrogen (secondary N) is 1. The minimum atomic E-state index is -1.02. The Labute approximate surface area is 104 Å². The van der Waals surface area contributed by atoms with Crippen molar-refractivity contribution in [3.05, 3.63) is 34.0 Å². The van der Waals surface area contributed by atoms with E-state index in [2.05, 4.69) is 5.32 Å². The van der Waals surface area contributed by atoms with Gasteiger partial charge in [0.05, 0.1) is 4.88 Å². The van der Waals surface area contributed by atoms with Gasteiger partial charge in [0.1, 0.15) is 6.04 Å². The van der Waals surface area contributed by atoms with Crippen LogP contribution in [0.2, 0.25) is 0 Å². The average molecular weight is 253 g/mol. The molecule has 0 aliphatic heterocycles. The Morgan fingerprint density at radius 3 is 2.71 bits per heavy atom. The molecule has 0 saturated carbocycles. The Morgan fingerprint density at radius 2 is 2.24 bits per heavy atom. The van der Waals surface area contributed by atoms with Crippen molar-refractivity contribution in [1.29, 1.82) is 0 Å². The number of aryl methyl sites for hydroxylation is 1. The van der Waals surface area contributed by atoms with Gasteiger partial charge in [0.25, 0.3) is 5.91 Å². The van der Waals surface area contributed by atoms with Gasteiger partial charge in [-0.25, -0.2) is 4.79 Å². The summed E-state index contributed by atoms with van der Waals surface area (Å²) in [7, 11) is 0. The predicted octanol–water partition coefficient (Wildman–Crippen LogP) is 2.21. The summed E-state index contributed by atoms with van der Waals surface area (Å²) in [5.74, 6) is -1.36. The Hall–Kier alpha value is -1.62. The molecule has 0 fully saturated rings. The fourth-order valence-corrected chi connectivity index (χ4v) is 2.05. The minimum absolute atomic E-state index is 0.294. The predicted molar refractivity (Wildman–Crippen MR) is 67.4 cm³/mol. The highest BCUT2D eigenvalue weighted by atomic mass is 32.1. The van der Waals surface area contributed by atoms with E-state index in [0.717, 1.165) is 4.88 Å². The van der Waals surface area contributed by atoms with Gasteiger partial charge in [-0.3, -0.25) is 4.79 Å². The zero-order valence-corrected chi connectivity index (χ0v) is 10.6. The maximum absolute atomic E-state index is 11.7.